The highest BCUT2D eigenvalue weighted by molar-refractivity contribution is 5.97. The number of aromatic hydroxyl groups is 1. The highest BCUT2D eigenvalue weighted by Gasteiger charge is 2.23. The van der Waals surface area contributed by atoms with Gasteiger partial charge in [-0.15, -0.1) is 0 Å². The fourth-order valence-electron chi connectivity index (χ4n) is 2.96. The van der Waals surface area contributed by atoms with Crippen LogP contribution in [0.15, 0.2) is 30.4 Å². The van der Waals surface area contributed by atoms with Crippen LogP contribution in [0, 0.1) is 5.92 Å². The Morgan fingerprint density at radius 2 is 2.00 bits per heavy atom. The highest BCUT2D eigenvalue weighted by Crippen LogP contribution is 2.29. The van der Waals surface area contributed by atoms with Crippen molar-refractivity contribution in [2.24, 2.45) is 5.92 Å². The van der Waals surface area contributed by atoms with Gasteiger partial charge in [0.25, 0.3) is 0 Å². The number of allylic oxidation sites excluding steroid dienone is 1. The van der Waals surface area contributed by atoms with Crippen LogP contribution in [0.4, 0.5) is 5.69 Å². The van der Waals surface area contributed by atoms with Crippen molar-refractivity contribution in [1.29, 1.82) is 0 Å². The number of anilines is 1. The minimum atomic E-state index is -0.598. The van der Waals surface area contributed by atoms with Gasteiger partial charge >= 0.3 is 5.97 Å². The van der Waals surface area contributed by atoms with E-state index < -0.39 is 12.1 Å². The normalized spacial score (nSPS) is 25.9. The summed E-state index contributed by atoms with van der Waals surface area (Å²) in [5.41, 5.74) is 1.39. The minimum absolute atomic E-state index is 0.0323. The van der Waals surface area contributed by atoms with Crippen LogP contribution in [0.1, 0.15) is 49.5 Å². The summed E-state index contributed by atoms with van der Waals surface area (Å²) in [6.07, 6.45) is 6.91. The number of benzene rings is 1. The maximum atomic E-state index is 12.8. The van der Waals surface area contributed by atoms with Gasteiger partial charge in [-0.3, -0.25) is 4.79 Å². The fourth-order valence-corrected chi connectivity index (χ4v) is 2.96. The molecule has 1 aromatic rings. The lowest BCUT2D eigenvalue weighted by atomic mass is 10.0. The number of ether oxygens (including phenoxy) is 2. The van der Waals surface area contributed by atoms with E-state index >= 15 is 0 Å². The smallest absolute Gasteiger partial charge is 0.342 e. The molecule has 0 aromatic heterocycles. The third-order valence-electron chi connectivity index (χ3n) is 4.81. The molecule has 1 aromatic carbocycles. The zero-order valence-corrected chi connectivity index (χ0v) is 16.9. The van der Waals surface area contributed by atoms with Gasteiger partial charge in [-0.25, -0.2) is 4.79 Å². The molecule has 2 N–H and O–H groups in total. The molecule has 1 heterocycles. The molecule has 0 bridgehead atoms. The van der Waals surface area contributed by atoms with Crippen LogP contribution in [0.3, 0.4) is 0 Å². The summed E-state index contributed by atoms with van der Waals surface area (Å²) in [7, 11) is 1.57. The van der Waals surface area contributed by atoms with Gasteiger partial charge in [0.05, 0.1) is 6.10 Å². The Labute approximate surface area is 166 Å². The van der Waals surface area contributed by atoms with E-state index in [0.29, 0.717) is 24.2 Å². The van der Waals surface area contributed by atoms with Gasteiger partial charge in [0.15, 0.2) is 5.78 Å². The van der Waals surface area contributed by atoms with Crippen LogP contribution in [-0.4, -0.2) is 42.7 Å². The van der Waals surface area contributed by atoms with E-state index in [0.717, 1.165) is 0 Å². The molecule has 6 heteroatoms. The number of fused-ring (bicyclic) bond motifs is 1. The van der Waals surface area contributed by atoms with Crippen LogP contribution >= 0.6 is 0 Å². The number of hydrogen-bond donors (Lipinski definition) is 2. The first-order valence-electron chi connectivity index (χ1n) is 9.57. The van der Waals surface area contributed by atoms with E-state index in [1.54, 1.807) is 32.3 Å². The summed E-state index contributed by atoms with van der Waals surface area (Å²) in [4.78, 5) is 24.9. The average molecular weight is 387 g/mol. The second kappa shape index (κ2) is 10.1. The second-order valence-electron chi connectivity index (χ2n) is 6.98. The number of cyclic esters (lactones) is 1. The van der Waals surface area contributed by atoms with Crippen molar-refractivity contribution in [2.45, 2.75) is 45.8 Å². The van der Waals surface area contributed by atoms with Crippen LogP contribution in [-0.2, 0) is 14.3 Å². The summed E-state index contributed by atoms with van der Waals surface area (Å²) < 4.78 is 11.0. The van der Waals surface area contributed by atoms with Gasteiger partial charge in [-0.1, -0.05) is 25.2 Å². The van der Waals surface area contributed by atoms with Gasteiger partial charge < -0.3 is 19.9 Å². The molecule has 0 amide bonds. The lowest BCUT2D eigenvalue weighted by molar-refractivity contribution is -0.116. The molecule has 0 saturated carbocycles. The summed E-state index contributed by atoms with van der Waals surface area (Å²) in [6, 6.07) is 3.31. The molecule has 0 fully saturated rings. The molecule has 152 valence electrons. The van der Waals surface area contributed by atoms with Crippen LogP contribution in [0.5, 0.6) is 5.75 Å². The predicted octanol–water partition coefficient (Wildman–Crippen LogP) is 3.95. The fraction of sp³-hybridized carbons (Fsp3) is 0.455. The first-order valence-corrected chi connectivity index (χ1v) is 9.57. The van der Waals surface area contributed by atoms with Gasteiger partial charge in [0.2, 0.25) is 0 Å². The minimum Gasteiger partial charge on any atom is -0.507 e. The molecule has 0 radical (unpaired) electrons. The molecule has 3 unspecified atom stereocenters. The van der Waals surface area contributed by atoms with E-state index in [2.05, 4.69) is 5.32 Å². The summed E-state index contributed by atoms with van der Waals surface area (Å²) in [5.74, 6) is -0.919. The quantitative estimate of drug-likeness (QED) is 0.764. The maximum Gasteiger partial charge on any atom is 0.342 e. The van der Waals surface area contributed by atoms with E-state index in [9.17, 15) is 14.7 Å². The first-order chi connectivity index (χ1) is 13.3. The third-order valence-corrected chi connectivity index (χ3v) is 4.81. The van der Waals surface area contributed by atoms with E-state index in [1.807, 2.05) is 19.9 Å². The molecule has 6 nitrogen and oxygen atoms in total. The second-order valence-corrected chi connectivity index (χ2v) is 6.98. The molecule has 2 rings (SSSR count). The van der Waals surface area contributed by atoms with Crippen molar-refractivity contribution >= 4 is 23.5 Å². The molecule has 3 atom stereocenters. The lowest BCUT2D eigenvalue weighted by Gasteiger charge is -2.20. The van der Waals surface area contributed by atoms with E-state index in [4.69, 9.17) is 9.47 Å². The zero-order chi connectivity index (χ0) is 20.7. The molecule has 28 heavy (non-hydrogen) atoms. The predicted molar refractivity (Wildman–Crippen MR) is 110 cm³/mol. The molecule has 1 aliphatic heterocycles. The van der Waals surface area contributed by atoms with Gasteiger partial charge in [-0.05, 0) is 38.0 Å². The zero-order valence-electron chi connectivity index (χ0n) is 16.9. The Balaban J connectivity index is 2.47. The number of carbonyl (C=O) groups excluding carboxylic acids is 2. The van der Waals surface area contributed by atoms with Crippen LogP contribution in [0.25, 0.3) is 6.08 Å². The Hall–Kier alpha value is -2.60. The van der Waals surface area contributed by atoms with Crippen molar-refractivity contribution < 1.29 is 24.2 Å². The lowest BCUT2D eigenvalue weighted by Crippen LogP contribution is -2.22. The van der Waals surface area contributed by atoms with Crippen molar-refractivity contribution in [2.75, 3.05) is 19.0 Å². The van der Waals surface area contributed by atoms with Crippen molar-refractivity contribution in [1.82, 2.24) is 0 Å². The molecule has 1 aliphatic rings. The summed E-state index contributed by atoms with van der Waals surface area (Å²) in [6.45, 7) is 6.27. The van der Waals surface area contributed by atoms with Crippen LogP contribution in [0.2, 0.25) is 0 Å². The van der Waals surface area contributed by atoms with Gasteiger partial charge in [-0.2, -0.15) is 0 Å². The van der Waals surface area contributed by atoms with E-state index in [-0.39, 0.29) is 35.5 Å². The molecule has 0 spiro atoms. The number of ketones is 1. The number of phenolic OH excluding ortho intramolecular Hbond substituents is 1. The van der Waals surface area contributed by atoms with Gasteiger partial charge in [0, 0.05) is 37.7 Å². The number of hydrogen-bond acceptors (Lipinski definition) is 6. The SMILES string of the molecule is CCNc1cc(O)c2c(c1)/C=C/CC(OC)CC(=O)/C=C\C(C)C(C)OC2=O. The maximum absolute atomic E-state index is 12.8. The summed E-state index contributed by atoms with van der Waals surface area (Å²) in [5, 5.41) is 13.6. The van der Waals surface area contributed by atoms with Crippen LogP contribution < -0.4 is 5.32 Å². The van der Waals surface area contributed by atoms with Crippen molar-refractivity contribution in [3.05, 3.63) is 41.5 Å². The first kappa shape index (κ1) is 21.7. The number of esters is 1. The largest absolute Gasteiger partial charge is 0.507 e. The molecular weight excluding hydrogens is 358 g/mol. The number of phenols is 1. The molecule has 0 saturated heterocycles. The Bertz CT molecular complexity index is 768. The Kier molecular flexibility index (Phi) is 7.81. The third kappa shape index (κ3) is 5.70. The van der Waals surface area contributed by atoms with E-state index in [1.165, 1.54) is 12.1 Å². The molecule has 0 aliphatic carbocycles. The Morgan fingerprint density at radius 3 is 2.68 bits per heavy atom. The highest BCUT2D eigenvalue weighted by atomic mass is 16.5. The van der Waals surface area contributed by atoms with Crippen molar-refractivity contribution in [3.63, 3.8) is 0 Å². The van der Waals surface area contributed by atoms with Crippen molar-refractivity contribution in [3.8, 4) is 5.75 Å². The standard InChI is InChI=1S/C22H29NO5/c1-5-23-17-11-16-7-6-8-19(27-4)13-18(24)10-9-14(2)15(3)28-22(26)21(16)20(25)12-17/h6-7,9-12,14-15,19,23,25H,5,8,13H2,1-4H3/b7-6+,10-9-. The number of nitrogens with one attached hydrogen (secondary N) is 1. The number of methoxy groups -OCH3 is 1. The van der Waals surface area contributed by atoms with Gasteiger partial charge in [0.1, 0.15) is 17.4 Å². The average Bonchev–Trinajstić information content (AvgIpc) is 2.64. The number of carbonyl (C=O) groups is 2. The topological polar surface area (TPSA) is 84.9 Å². The molecular formula is C22H29NO5. The number of rotatable bonds is 3. The Morgan fingerprint density at radius 1 is 1.25 bits per heavy atom. The summed E-state index contributed by atoms with van der Waals surface area (Å²) >= 11 is 0. The monoisotopic (exact) mass is 387 g/mol.